The van der Waals surface area contributed by atoms with Crippen LogP contribution in [0.25, 0.3) is 0 Å². The Bertz CT molecular complexity index is 121. The van der Waals surface area contributed by atoms with E-state index in [2.05, 4.69) is 13.5 Å². The Morgan fingerprint density at radius 2 is 2.08 bits per heavy atom. The molecule has 0 radical (unpaired) electrons. The molecule has 72 valence electrons. The van der Waals surface area contributed by atoms with Crippen molar-refractivity contribution >= 4 is 0 Å². The lowest BCUT2D eigenvalue weighted by Crippen LogP contribution is -2.13. The highest BCUT2D eigenvalue weighted by Crippen LogP contribution is 2.03. The van der Waals surface area contributed by atoms with Gasteiger partial charge in [-0.05, 0) is 18.9 Å². The summed E-state index contributed by atoms with van der Waals surface area (Å²) < 4.78 is 5.11. The molecule has 1 unspecified atom stereocenters. The second-order valence-corrected chi connectivity index (χ2v) is 3.13. The average molecular weight is 172 g/mol. The van der Waals surface area contributed by atoms with Crippen molar-refractivity contribution in [1.82, 2.24) is 0 Å². The Morgan fingerprint density at radius 3 is 2.58 bits per heavy atom. The first-order valence-corrected chi connectivity index (χ1v) is 4.63. The van der Waals surface area contributed by atoms with E-state index < -0.39 is 6.29 Å². The average Bonchev–Trinajstić information content (AvgIpc) is 2.03. The number of hydrogen-bond acceptors (Lipinski definition) is 2. The first kappa shape index (κ1) is 11.7. The predicted octanol–water partition coefficient (Wildman–Crippen LogP) is 2.48. The quantitative estimate of drug-likeness (QED) is 0.363. The van der Waals surface area contributed by atoms with Gasteiger partial charge in [0.15, 0.2) is 6.29 Å². The lowest BCUT2D eigenvalue weighted by Gasteiger charge is -2.10. The highest BCUT2D eigenvalue weighted by atomic mass is 16.6. The summed E-state index contributed by atoms with van der Waals surface area (Å²) in [6, 6.07) is 0. The van der Waals surface area contributed by atoms with Gasteiger partial charge in [0.1, 0.15) is 0 Å². The third-order valence-corrected chi connectivity index (χ3v) is 1.70. The van der Waals surface area contributed by atoms with Gasteiger partial charge in [-0.1, -0.05) is 32.8 Å². The molecule has 0 aromatic heterocycles. The van der Waals surface area contributed by atoms with E-state index in [0.29, 0.717) is 12.2 Å². The van der Waals surface area contributed by atoms with Crippen LogP contribution in [0.2, 0.25) is 0 Å². The molecule has 0 spiro atoms. The maximum absolute atomic E-state index is 9.16. The van der Waals surface area contributed by atoms with Gasteiger partial charge in [0.05, 0.1) is 6.61 Å². The van der Waals surface area contributed by atoms with Crippen LogP contribution in [0.3, 0.4) is 0 Å². The maximum atomic E-state index is 9.16. The first-order valence-electron chi connectivity index (χ1n) is 4.63. The minimum atomic E-state index is -0.772. The minimum Gasteiger partial charge on any atom is -0.364 e. The van der Waals surface area contributed by atoms with Crippen LogP contribution in [0.5, 0.6) is 0 Å². The Hall–Kier alpha value is -0.340. The molecule has 0 amide bonds. The number of aliphatic hydroxyl groups is 1. The van der Waals surface area contributed by atoms with Gasteiger partial charge in [-0.15, -0.1) is 0 Å². The highest BCUT2D eigenvalue weighted by Gasteiger charge is 2.02. The van der Waals surface area contributed by atoms with E-state index in [1.165, 1.54) is 19.3 Å². The van der Waals surface area contributed by atoms with Crippen molar-refractivity contribution in [1.29, 1.82) is 0 Å². The number of ether oxygens (including phenoxy) is 1. The summed E-state index contributed by atoms with van der Waals surface area (Å²) in [5.41, 5.74) is 0.672. The molecule has 0 aliphatic carbocycles. The second-order valence-electron chi connectivity index (χ2n) is 3.13. The lowest BCUT2D eigenvalue weighted by atomic mass is 10.2. The zero-order valence-electron chi connectivity index (χ0n) is 8.18. The van der Waals surface area contributed by atoms with Crippen LogP contribution in [-0.4, -0.2) is 18.0 Å². The molecule has 0 saturated heterocycles. The SMILES string of the molecule is C=C(C)C(O)OCCCCCC. The molecule has 0 aliphatic heterocycles. The molecule has 0 fully saturated rings. The summed E-state index contributed by atoms with van der Waals surface area (Å²) in [4.78, 5) is 0. The topological polar surface area (TPSA) is 29.5 Å². The van der Waals surface area contributed by atoms with Crippen molar-refractivity contribution in [2.45, 2.75) is 45.8 Å². The lowest BCUT2D eigenvalue weighted by molar-refractivity contribution is -0.0727. The summed E-state index contributed by atoms with van der Waals surface area (Å²) in [5, 5.41) is 9.16. The molecular formula is C10H20O2. The Labute approximate surface area is 75.2 Å². The number of unbranched alkanes of at least 4 members (excludes halogenated alkanes) is 3. The highest BCUT2D eigenvalue weighted by molar-refractivity contribution is 4.91. The van der Waals surface area contributed by atoms with Crippen LogP contribution in [0.4, 0.5) is 0 Å². The summed E-state index contributed by atoms with van der Waals surface area (Å²) in [7, 11) is 0. The smallest absolute Gasteiger partial charge is 0.176 e. The molecule has 1 atom stereocenters. The van der Waals surface area contributed by atoms with Crippen LogP contribution in [0, 0.1) is 0 Å². The van der Waals surface area contributed by atoms with Crippen molar-refractivity contribution in [3.8, 4) is 0 Å². The zero-order chi connectivity index (χ0) is 9.40. The predicted molar refractivity (Wildman–Crippen MR) is 50.9 cm³/mol. The third kappa shape index (κ3) is 6.38. The van der Waals surface area contributed by atoms with Crippen molar-refractivity contribution in [3.05, 3.63) is 12.2 Å². The first-order chi connectivity index (χ1) is 5.68. The van der Waals surface area contributed by atoms with Gasteiger partial charge in [0.2, 0.25) is 0 Å². The fourth-order valence-electron chi connectivity index (χ4n) is 0.866. The van der Waals surface area contributed by atoms with Gasteiger partial charge >= 0.3 is 0 Å². The summed E-state index contributed by atoms with van der Waals surface area (Å²) >= 11 is 0. The van der Waals surface area contributed by atoms with Gasteiger partial charge in [0.25, 0.3) is 0 Å². The van der Waals surface area contributed by atoms with Gasteiger partial charge in [-0.3, -0.25) is 0 Å². The number of hydrogen-bond donors (Lipinski definition) is 1. The number of rotatable bonds is 7. The van der Waals surface area contributed by atoms with Crippen LogP contribution in [-0.2, 0) is 4.74 Å². The Kier molecular flexibility index (Phi) is 7.11. The van der Waals surface area contributed by atoms with Crippen LogP contribution < -0.4 is 0 Å². The van der Waals surface area contributed by atoms with E-state index in [1.54, 1.807) is 6.92 Å². The monoisotopic (exact) mass is 172 g/mol. The summed E-state index contributed by atoms with van der Waals surface area (Å²) in [6.45, 7) is 8.16. The van der Waals surface area contributed by atoms with Gasteiger partial charge in [-0.25, -0.2) is 0 Å². The fraction of sp³-hybridized carbons (Fsp3) is 0.800. The zero-order valence-corrected chi connectivity index (χ0v) is 8.18. The van der Waals surface area contributed by atoms with Crippen molar-refractivity contribution in [2.75, 3.05) is 6.61 Å². The third-order valence-electron chi connectivity index (χ3n) is 1.70. The largest absolute Gasteiger partial charge is 0.364 e. The molecule has 2 nitrogen and oxygen atoms in total. The molecule has 0 saturated carbocycles. The second kappa shape index (κ2) is 7.32. The Morgan fingerprint density at radius 1 is 1.42 bits per heavy atom. The molecule has 0 heterocycles. The van der Waals surface area contributed by atoms with Gasteiger partial charge < -0.3 is 9.84 Å². The fourth-order valence-corrected chi connectivity index (χ4v) is 0.866. The minimum absolute atomic E-state index is 0.633. The molecular weight excluding hydrogens is 152 g/mol. The van der Waals surface area contributed by atoms with Crippen LogP contribution in [0.15, 0.2) is 12.2 Å². The molecule has 1 N–H and O–H groups in total. The van der Waals surface area contributed by atoms with Crippen LogP contribution in [0.1, 0.15) is 39.5 Å². The normalized spacial score (nSPS) is 12.9. The molecule has 12 heavy (non-hydrogen) atoms. The summed E-state index contributed by atoms with van der Waals surface area (Å²) in [6.07, 6.45) is 3.90. The van der Waals surface area contributed by atoms with E-state index in [-0.39, 0.29) is 0 Å². The van der Waals surface area contributed by atoms with Crippen molar-refractivity contribution in [3.63, 3.8) is 0 Å². The summed E-state index contributed by atoms with van der Waals surface area (Å²) in [5.74, 6) is 0. The van der Waals surface area contributed by atoms with Gasteiger partial charge in [0, 0.05) is 0 Å². The number of aliphatic hydroxyl groups excluding tert-OH is 1. The molecule has 0 rings (SSSR count). The standard InChI is InChI=1S/C10H20O2/c1-4-5-6-7-8-12-10(11)9(2)3/h10-11H,2,4-8H2,1,3H3. The van der Waals surface area contributed by atoms with Gasteiger partial charge in [-0.2, -0.15) is 0 Å². The molecule has 0 aromatic carbocycles. The molecule has 2 heteroatoms. The Balaban J connectivity index is 3.14. The maximum Gasteiger partial charge on any atom is 0.176 e. The molecule has 0 aromatic rings. The van der Waals surface area contributed by atoms with E-state index in [1.807, 2.05) is 0 Å². The van der Waals surface area contributed by atoms with E-state index in [0.717, 1.165) is 6.42 Å². The van der Waals surface area contributed by atoms with Crippen LogP contribution >= 0.6 is 0 Å². The van der Waals surface area contributed by atoms with Crippen molar-refractivity contribution in [2.24, 2.45) is 0 Å². The molecule has 0 bridgehead atoms. The van der Waals surface area contributed by atoms with E-state index in [9.17, 15) is 0 Å². The van der Waals surface area contributed by atoms with E-state index >= 15 is 0 Å². The van der Waals surface area contributed by atoms with Crippen molar-refractivity contribution < 1.29 is 9.84 Å². The molecule has 0 aliphatic rings. The van der Waals surface area contributed by atoms with E-state index in [4.69, 9.17) is 9.84 Å².